The summed E-state index contributed by atoms with van der Waals surface area (Å²) in [6.45, 7) is 6.99. The predicted molar refractivity (Wildman–Crippen MR) is 78.3 cm³/mol. The lowest BCUT2D eigenvalue weighted by molar-refractivity contribution is 0.0991. The van der Waals surface area contributed by atoms with Crippen LogP contribution in [0.15, 0.2) is 24.3 Å². The summed E-state index contributed by atoms with van der Waals surface area (Å²) in [6.07, 6.45) is 1.42. The average Bonchev–Trinajstić information content (AvgIpc) is 2.44. The standard InChI is InChI=1S/C15H22O3S/c1-5-11(3)19(17,18)12(4)15(16)14-9-7-13(6-2)8-10-14/h7-12H,5-6H2,1-4H3. The Morgan fingerprint density at radius 2 is 1.63 bits per heavy atom. The summed E-state index contributed by atoms with van der Waals surface area (Å²) in [7, 11) is -3.40. The van der Waals surface area contributed by atoms with Gasteiger partial charge in [0.25, 0.3) is 0 Å². The molecule has 0 saturated carbocycles. The Labute approximate surface area is 116 Å². The van der Waals surface area contributed by atoms with Crippen LogP contribution in [0.4, 0.5) is 0 Å². The van der Waals surface area contributed by atoms with E-state index in [-0.39, 0.29) is 5.78 Å². The Morgan fingerprint density at radius 1 is 1.11 bits per heavy atom. The molecule has 0 spiro atoms. The van der Waals surface area contributed by atoms with Crippen molar-refractivity contribution in [2.75, 3.05) is 0 Å². The molecule has 1 rings (SSSR count). The minimum Gasteiger partial charge on any atom is -0.293 e. The molecule has 0 aromatic heterocycles. The van der Waals surface area contributed by atoms with Crippen molar-refractivity contribution in [3.63, 3.8) is 0 Å². The van der Waals surface area contributed by atoms with Gasteiger partial charge in [-0.2, -0.15) is 0 Å². The van der Waals surface area contributed by atoms with Crippen LogP contribution in [0.1, 0.15) is 50.0 Å². The third-order valence-electron chi connectivity index (χ3n) is 3.64. The molecule has 0 N–H and O–H groups in total. The third kappa shape index (κ3) is 3.44. The number of rotatable bonds is 6. The highest BCUT2D eigenvalue weighted by atomic mass is 32.2. The van der Waals surface area contributed by atoms with E-state index >= 15 is 0 Å². The van der Waals surface area contributed by atoms with E-state index in [1.807, 2.05) is 26.0 Å². The topological polar surface area (TPSA) is 51.2 Å². The predicted octanol–water partition coefficient (Wildman–Crippen LogP) is 3.03. The Bertz CT molecular complexity index is 529. The minimum absolute atomic E-state index is 0.317. The SMILES string of the molecule is CCc1ccc(C(=O)C(C)S(=O)(=O)C(C)CC)cc1. The second-order valence-electron chi connectivity index (χ2n) is 4.86. The number of hydrogen-bond donors (Lipinski definition) is 0. The Morgan fingerprint density at radius 3 is 2.05 bits per heavy atom. The highest BCUT2D eigenvalue weighted by Gasteiger charge is 2.32. The van der Waals surface area contributed by atoms with Gasteiger partial charge in [-0.3, -0.25) is 4.79 Å². The summed E-state index contributed by atoms with van der Waals surface area (Å²) in [6, 6.07) is 7.17. The van der Waals surface area contributed by atoms with E-state index < -0.39 is 20.3 Å². The van der Waals surface area contributed by atoms with E-state index in [9.17, 15) is 13.2 Å². The molecule has 2 atom stereocenters. The van der Waals surface area contributed by atoms with Crippen LogP contribution in [-0.4, -0.2) is 24.7 Å². The van der Waals surface area contributed by atoms with E-state index in [1.54, 1.807) is 19.1 Å². The molecular weight excluding hydrogens is 260 g/mol. The quantitative estimate of drug-likeness (QED) is 0.754. The zero-order chi connectivity index (χ0) is 14.6. The van der Waals surface area contributed by atoms with Gasteiger partial charge in [-0.15, -0.1) is 0 Å². The zero-order valence-corrected chi connectivity index (χ0v) is 12.8. The normalized spacial score (nSPS) is 14.9. The van der Waals surface area contributed by atoms with E-state index in [0.29, 0.717) is 12.0 Å². The highest BCUT2D eigenvalue weighted by molar-refractivity contribution is 7.93. The van der Waals surface area contributed by atoms with E-state index in [2.05, 4.69) is 0 Å². The molecule has 0 aliphatic rings. The van der Waals surface area contributed by atoms with Gasteiger partial charge in [0.2, 0.25) is 0 Å². The summed E-state index contributed by atoms with van der Waals surface area (Å²) in [5.41, 5.74) is 1.60. The first-order valence-electron chi connectivity index (χ1n) is 6.70. The number of benzene rings is 1. The molecule has 0 heterocycles. The van der Waals surface area contributed by atoms with Gasteiger partial charge in [-0.25, -0.2) is 8.42 Å². The lowest BCUT2D eigenvalue weighted by Crippen LogP contribution is -2.34. The maximum atomic E-state index is 12.2. The van der Waals surface area contributed by atoms with Gasteiger partial charge in [0, 0.05) is 5.56 Å². The van der Waals surface area contributed by atoms with Crippen LogP contribution < -0.4 is 0 Å². The second-order valence-corrected chi connectivity index (χ2v) is 7.55. The van der Waals surface area contributed by atoms with Crippen LogP contribution in [0, 0.1) is 0 Å². The van der Waals surface area contributed by atoms with Crippen LogP contribution in [0.3, 0.4) is 0 Å². The van der Waals surface area contributed by atoms with Gasteiger partial charge < -0.3 is 0 Å². The van der Waals surface area contributed by atoms with Gasteiger partial charge in [0.05, 0.1) is 5.25 Å². The van der Waals surface area contributed by atoms with Gasteiger partial charge in [0.15, 0.2) is 15.6 Å². The minimum atomic E-state index is -3.40. The molecule has 3 nitrogen and oxygen atoms in total. The van der Waals surface area contributed by atoms with Crippen LogP contribution in [0.2, 0.25) is 0 Å². The molecule has 0 amide bonds. The molecule has 0 aliphatic heterocycles. The summed E-state index contributed by atoms with van der Waals surface area (Å²) < 4.78 is 24.4. The first kappa shape index (κ1) is 15.9. The largest absolute Gasteiger partial charge is 0.293 e. The molecule has 0 radical (unpaired) electrons. The van der Waals surface area contributed by atoms with Crippen molar-refractivity contribution in [1.82, 2.24) is 0 Å². The number of carbonyl (C=O) groups is 1. The van der Waals surface area contributed by atoms with Crippen molar-refractivity contribution in [3.8, 4) is 0 Å². The van der Waals surface area contributed by atoms with E-state index in [0.717, 1.165) is 12.0 Å². The average molecular weight is 282 g/mol. The van der Waals surface area contributed by atoms with Crippen molar-refractivity contribution in [2.45, 2.75) is 51.0 Å². The van der Waals surface area contributed by atoms with Crippen LogP contribution in [0.5, 0.6) is 0 Å². The van der Waals surface area contributed by atoms with Gasteiger partial charge >= 0.3 is 0 Å². The number of hydrogen-bond acceptors (Lipinski definition) is 3. The second kappa shape index (κ2) is 6.33. The fourth-order valence-corrected chi connectivity index (χ4v) is 3.47. The molecular formula is C15H22O3S. The Balaban J connectivity index is 2.99. The molecule has 0 fully saturated rings. The zero-order valence-electron chi connectivity index (χ0n) is 12.0. The lowest BCUT2D eigenvalue weighted by Gasteiger charge is -2.16. The van der Waals surface area contributed by atoms with Gasteiger partial charge in [-0.1, -0.05) is 38.1 Å². The molecule has 0 saturated heterocycles. The maximum Gasteiger partial charge on any atom is 0.180 e. The molecule has 0 bridgehead atoms. The number of carbonyl (C=O) groups excluding carboxylic acids is 1. The number of sulfone groups is 1. The van der Waals surface area contributed by atoms with Crippen molar-refractivity contribution in [3.05, 3.63) is 35.4 Å². The summed E-state index contributed by atoms with van der Waals surface area (Å²) in [5, 5.41) is -1.46. The van der Waals surface area contributed by atoms with Crippen LogP contribution in [0.25, 0.3) is 0 Å². The molecule has 0 aliphatic carbocycles. The number of aryl methyl sites for hydroxylation is 1. The van der Waals surface area contributed by atoms with Crippen molar-refractivity contribution in [1.29, 1.82) is 0 Å². The van der Waals surface area contributed by atoms with Gasteiger partial charge in [-0.05, 0) is 32.3 Å². The first-order chi connectivity index (χ1) is 8.84. The molecule has 19 heavy (non-hydrogen) atoms. The van der Waals surface area contributed by atoms with Gasteiger partial charge in [0.1, 0.15) is 5.25 Å². The van der Waals surface area contributed by atoms with Crippen molar-refractivity contribution >= 4 is 15.6 Å². The molecule has 1 aromatic rings. The molecule has 106 valence electrons. The molecule has 4 heteroatoms. The molecule has 2 unspecified atom stereocenters. The highest BCUT2D eigenvalue weighted by Crippen LogP contribution is 2.17. The summed E-state index contributed by atoms with van der Waals surface area (Å²) >= 11 is 0. The summed E-state index contributed by atoms with van der Waals surface area (Å²) in [5.74, 6) is -0.317. The smallest absolute Gasteiger partial charge is 0.180 e. The Hall–Kier alpha value is -1.16. The van der Waals surface area contributed by atoms with Crippen LogP contribution >= 0.6 is 0 Å². The summed E-state index contributed by atoms with van der Waals surface area (Å²) in [4.78, 5) is 12.2. The maximum absolute atomic E-state index is 12.2. The fraction of sp³-hybridized carbons (Fsp3) is 0.533. The van der Waals surface area contributed by atoms with E-state index in [1.165, 1.54) is 6.92 Å². The number of Topliss-reactive ketones (excluding diaryl/α,β-unsaturated/α-hetero) is 1. The molecule has 1 aromatic carbocycles. The number of ketones is 1. The first-order valence-corrected chi connectivity index (χ1v) is 8.31. The van der Waals surface area contributed by atoms with Crippen molar-refractivity contribution in [2.24, 2.45) is 0 Å². The monoisotopic (exact) mass is 282 g/mol. The van der Waals surface area contributed by atoms with Crippen molar-refractivity contribution < 1.29 is 13.2 Å². The van der Waals surface area contributed by atoms with Crippen LogP contribution in [-0.2, 0) is 16.3 Å². The van der Waals surface area contributed by atoms with E-state index in [4.69, 9.17) is 0 Å². The Kier molecular flexibility index (Phi) is 5.29. The third-order valence-corrected chi connectivity index (χ3v) is 6.30. The lowest BCUT2D eigenvalue weighted by atomic mass is 10.1. The fourth-order valence-electron chi connectivity index (χ4n) is 1.87.